The van der Waals surface area contributed by atoms with E-state index in [1.54, 1.807) is 6.92 Å². The molecule has 0 unspecified atom stereocenters. The van der Waals surface area contributed by atoms with Crippen molar-refractivity contribution >= 4 is 42.1 Å². The second-order valence-corrected chi connectivity index (χ2v) is 16.7. The van der Waals surface area contributed by atoms with Crippen molar-refractivity contribution in [2.24, 2.45) is 29.0 Å². The van der Waals surface area contributed by atoms with Crippen LogP contribution in [0.4, 0.5) is 0 Å². The van der Waals surface area contributed by atoms with Gasteiger partial charge in [-0.1, -0.05) is 82.1 Å². The van der Waals surface area contributed by atoms with Crippen LogP contribution in [0.1, 0.15) is 146 Å². The molecule has 0 aliphatic carbocycles. The van der Waals surface area contributed by atoms with Crippen LogP contribution in [0.15, 0.2) is 48.5 Å². The minimum Gasteiger partial charge on any atom is -0.427 e. The zero-order valence-corrected chi connectivity index (χ0v) is 37.0. The van der Waals surface area contributed by atoms with Gasteiger partial charge in [-0.3, -0.25) is 28.8 Å². The number of aryl methyl sites for hydroxylation is 1. The summed E-state index contributed by atoms with van der Waals surface area (Å²) in [5.41, 5.74) is 21.1. The fourth-order valence-electron chi connectivity index (χ4n) is 7.24. The number of Topliss-reactive ketones (excluding diaryl/α,β-unsaturated/α-hetero) is 4. The van der Waals surface area contributed by atoms with Gasteiger partial charge in [0.15, 0.2) is 17.3 Å². The van der Waals surface area contributed by atoms with Crippen LogP contribution in [0.3, 0.4) is 0 Å². The Labute approximate surface area is 364 Å². The Morgan fingerprint density at radius 3 is 1.64 bits per heavy atom. The Kier molecular flexibility index (Phi) is 26.1. The maximum atomic E-state index is 13.8. The normalized spacial score (nSPS) is 13.7. The van der Waals surface area contributed by atoms with Gasteiger partial charge in [0, 0.05) is 49.5 Å². The van der Waals surface area contributed by atoms with Gasteiger partial charge in [-0.15, -0.1) is 0 Å². The number of benzene rings is 2. The molecule has 10 N–H and O–H groups in total. The molecule has 13 nitrogen and oxygen atoms in total. The minimum absolute atomic E-state index is 0.0372. The van der Waals surface area contributed by atoms with E-state index in [9.17, 15) is 38.8 Å². The molecule has 0 fully saturated rings. The van der Waals surface area contributed by atoms with Gasteiger partial charge in [0.2, 0.25) is 11.8 Å². The van der Waals surface area contributed by atoms with E-state index in [0.29, 0.717) is 89.4 Å². The van der Waals surface area contributed by atoms with Crippen LogP contribution in [-0.4, -0.2) is 83.8 Å². The molecule has 2 amide bonds. The highest BCUT2D eigenvalue weighted by atomic mass is 16.4. The van der Waals surface area contributed by atoms with Crippen molar-refractivity contribution in [1.82, 2.24) is 10.6 Å². The lowest BCUT2D eigenvalue weighted by atomic mass is 9.71. The van der Waals surface area contributed by atoms with Gasteiger partial charge in [0.1, 0.15) is 5.78 Å². The largest absolute Gasteiger partial charge is 0.454 e. The van der Waals surface area contributed by atoms with Crippen molar-refractivity contribution in [2.45, 2.75) is 154 Å². The highest BCUT2D eigenvalue weighted by molar-refractivity contribution is 6.43. The highest BCUT2D eigenvalue weighted by Gasteiger charge is 2.31. The van der Waals surface area contributed by atoms with Crippen LogP contribution in [0.5, 0.6) is 0 Å². The number of nitrogens with one attached hydrogen (secondary N) is 2. The molecule has 2 aromatic carbocycles. The van der Waals surface area contributed by atoms with E-state index in [1.165, 1.54) is 12.5 Å². The number of hydrogen-bond donors (Lipinski definition) is 7. The minimum atomic E-state index is -1.68. The summed E-state index contributed by atoms with van der Waals surface area (Å²) < 4.78 is 0. The van der Waals surface area contributed by atoms with Gasteiger partial charge < -0.3 is 37.9 Å². The molecule has 61 heavy (non-hydrogen) atoms. The van der Waals surface area contributed by atoms with Crippen LogP contribution in [-0.2, 0) is 30.4 Å². The van der Waals surface area contributed by atoms with E-state index in [0.717, 1.165) is 30.4 Å². The summed E-state index contributed by atoms with van der Waals surface area (Å²) in [6, 6.07) is 14.2. The van der Waals surface area contributed by atoms with Gasteiger partial charge in [-0.25, -0.2) is 0 Å². The lowest BCUT2D eigenvalue weighted by molar-refractivity contribution is -0.134. The maximum Gasteiger partial charge on any atom is 0.454 e. The molecule has 0 aliphatic heterocycles. The first kappa shape index (κ1) is 53.1. The first-order chi connectivity index (χ1) is 29.2. The van der Waals surface area contributed by atoms with Crippen molar-refractivity contribution in [3.05, 3.63) is 59.7 Å². The number of amides is 2. The Hall–Kier alpha value is -4.08. The van der Waals surface area contributed by atoms with E-state index >= 15 is 0 Å². The number of hydrogen-bond acceptors (Lipinski definition) is 11. The summed E-state index contributed by atoms with van der Waals surface area (Å²) in [6.45, 7) is 6.53. The van der Waals surface area contributed by atoms with Crippen molar-refractivity contribution in [3.8, 4) is 11.1 Å². The molecule has 2 rings (SSSR count). The first-order valence-electron chi connectivity index (χ1n) is 22.6. The zero-order valence-electron chi connectivity index (χ0n) is 37.0. The van der Waals surface area contributed by atoms with Gasteiger partial charge in [-0.2, -0.15) is 0 Å². The lowest BCUT2D eigenvalue weighted by Crippen LogP contribution is -2.47. The zero-order chi connectivity index (χ0) is 45.2. The van der Waals surface area contributed by atoms with Crippen molar-refractivity contribution in [1.29, 1.82) is 0 Å². The SMILES string of the molecule is CCCCc1ccc(-c2ccc(C(=O)CCCC(=O)C[C@@H](CCCCN)C(=O)N[C@@H](CCCCN)C(=O)C[C@@H](C)C(=O)N[C@@H](CCCCN)C(=O)C[C@@H](C)B(O)O)cc2)cc1. The predicted molar refractivity (Wildman–Crippen MR) is 242 cm³/mol. The average Bonchev–Trinajstić information content (AvgIpc) is 3.24. The molecule has 0 saturated heterocycles. The van der Waals surface area contributed by atoms with Crippen LogP contribution < -0.4 is 27.8 Å². The molecule has 0 spiro atoms. The second kappa shape index (κ2) is 30.1. The molecule has 0 heterocycles. The number of nitrogens with two attached hydrogens (primary N) is 3. The molecule has 0 saturated carbocycles. The molecule has 14 heteroatoms. The Morgan fingerprint density at radius 1 is 0.607 bits per heavy atom. The summed E-state index contributed by atoms with van der Waals surface area (Å²) in [4.78, 5) is 80.2. The van der Waals surface area contributed by atoms with Gasteiger partial charge in [0.25, 0.3) is 0 Å². The number of carbonyl (C=O) groups is 6. The molecule has 0 radical (unpaired) electrons. The fourth-order valence-corrected chi connectivity index (χ4v) is 7.24. The summed E-state index contributed by atoms with van der Waals surface area (Å²) in [6.07, 6.45) is 8.33. The lowest BCUT2D eigenvalue weighted by Gasteiger charge is -2.24. The van der Waals surface area contributed by atoms with Crippen LogP contribution in [0, 0.1) is 11.8 Å². The third kappa shape index (κ3) is 20.6. The second-order valence-electron chi connectivity index (χ2n) is 16.7. The van der Waals surface area contributed by atoms with Crippen molar-refractivity contribution in [2.75, 3.05) is 19.6 Å². The summed E-state index contributed by atoms with van der Waals surface area (Å²) in [5, 5.41) is 24.6. The first-order valence-corrected chi connectivity index (χ1v) is 22.6. The van der Waals surface area contributed by atoms with E-state index in [2.05, 4.69) is 41.8 Å². The Bertz CT molecular complexity index is 1640. The third-order valence-electron chi connectivity index (χ3n) is 11.3. The monoisotopic (exact) mass is 848 g/mol. The molecule has 0 aromatic heterocycles. The number of ketones is 4. The number of rotatable bonds is 34. The van der Waals surface area contributed by atoms with E-state index in [-0.39, 0.29) is 55.2 Å². The topological polar surface area (TPSA) is 245 Å². The number of unbranched alkanes of at least 4 members (excludes halogenated alkanes) is 4. The Morgan fingerprint density at radius 2 is 1.11 bits per heavy atom. The molecule has 0 bridgehead atoms. The Balaban J connectivity index is 2.04. The average molecular weight is 848 g/mol. The molecule has 5 atom stereocenters. The molecular weight excluding hydrogens is 773 g/mol. The van der Waals surface area contributed by atoms with Crippen LogP contribution >= 0.6 is 0 Å². The van der Waals surface area contributed by atoms with Gasteiger partial charge in [-0.05, 0) is 113 Å². The van der Waals surface area contributed by atoms with Gasteiger partial charge >= 0.3 is 7.12 Å². The number of carbonyl (C=O) groups excluding carboxylic acids is 6. The standard InChI is InChI=1S/C47H74BN5O8/c1-4-5-13-35-19-21-36(22-20-35)37-23-25-38(26-24-37)43(55)18-12-15-40(54)32-39(14-6-9-27-49)47(59)53-41(16-7-10-28-50)44(56)30-33(2)46(58)52-42(17-8-11-29-51)45(57)31-34(3)48(60)61/h19-26,33-34,39,41-42,60-61H,4-18,27-32,49-51H2,1-3H3,(H,52,58)(H,53,59)/t33-,34-,39-,41+,42+/m1/s1. The maximum absolute atomic E-state index is 13.8. The molecular formula is C47H74BN5O8. The van der Waals surface area contributed by atoms with Crippen LogP contribution in [0.2, 0.25) is 5.82 Å². The summed E-state index contributed by atoms with van der Waals surface area (Å²) in [5.74, 6) is -4.09. The van der Waals surface area contributed by atoms with E-state index < -0.39 is 48.7 Å². The molecule has 338 valence electrons. The quantitative estimate of drug-likeness (QED) is 0.0267. The van der Waals surface area contributed by atoms with Crippen molar-refractivity contribution in [3.63, 3.8) is 0 Å². The third-order valence-corrected chi connectivity index (χ3v) is 11.3. The van der Waals surface area contributed by atoms with E-state index in [4.69, 9.17) is 17.2 Å². The summed E-state index contributed by atoms with van der Waals surface area (Å²) in [7, 11) is -1.68. The predicted octanol–water partition coefficient (Wildman–Crippen LogP) is 5.40. The molecule has 2 aromatic rings. The highest BCUT2D eigenvalue weighted by Crippen LogP contribution is 2.23. The van der Waals surface area contributed by atoms with E-state index in [1.807, 2.05) is 24.3 Å². The van der Waals surface area contributed by atoms with Gasteiger partial charge in [0.05, 0.1) is 12.1 Å². The van der Waals surface area contributed by atoms with Crippen LogP contribution in [0.25, 0.3) is 11.1 Å². The smallest absolute Gasteiger partial charge is 0.427 e. The fraction of sp³-hybridized carbons (Fsp3) is 0.617. The van der Waals surface area contributed by atoms with Crippen molar-refractivity contribution < 1.29 is 38.8 Å². The molecule has 0 aliphatic rings. The summed E-state index contributed by atoms with van der Waals surface area (Å²) >= 11 is 0.